The van der Waals surface area contributed by atoms with Crippen molar-refractivity contribution in [1.82, 2.24) is 0 Å². The maximum atomic E-state index is 11.3. The van der Waals surface area contributed by atoms with E-state index in [2.05, 4.69) is 4.52 Å². The van der Waals surface area contributed by atoms with Gasteiger partial charge in [-0.3, -0.25) is 0 Å². The zero-order valence-corrected chi connectivity index (χ0v) is 5.83. The van der Waals surface area contributed by atoms with Crippen molar-refractivity contribution in [3.8, 4) is 0 Å². The second-order valence-corrected chi connectivity index (χ2v) is 2.36. The van der Waals surface area contributed by atoms with Crippen LogP contribution in [0.15, 0.2) is 0 Å². The first-order valence-corrected chi connectivity index (χ1v) is 3.26. The Bertz CT molecular complexity index is 99.9. The second kappa shape index (κ2) is 2.77. The van der Waals surface area contributed by atoms with Gasteiger partial charge in [-0.1, -0.05) is 0 Å². The molecule has 0 rings (SSSR count). The van der Waals surface area contributed by atoms with Gasteiger partial charge in [-0.05, 0) is 4.52 Å². The number of hydrogen-bond donors (Lipinski definition) is 1. The van der Waals surface area contributed by atoms with E-state index >= 15 is 0 Å². The minimum atomic E-state index is -3.70. The Labute approximate surface area is 52.7 Å². The normalized spacial score (nSPS) is 13.8. The van der Waals surface area contributed by atoms with E-state index in [1.165, 1.54) is 0 Å². The molecule has 0 aromatic heterocycles. The summed E-state index contributed by atoms with van der Waals surface area (Å²) in [5.41, 5.74) is 0. The average molecular weight is 210 g/mol. The SMILES string of the molecule is O=[P+](O)OC(F)(F)Br. The molecule has 0 radical (unpaired) electrons. The Hall–Kier alpha value is 0.360. The van der Waals surface area contributed by atoms with Crippen LogP contribution in [0, 0.1) is 0 Å². The Morgan fingerprint density at radius 1 is 1.75 bits per heavy atom. The maximum absolute atomic E-state index is 11.3. The smallest absolute Gasteiger partial charge is 0.161 e. The first-order valence-electron chi connectivity index (χ1n) is 1.34. The minimum absolute atomic E-state index is 1.68. The van der Waals surface area contributed by atoms with Gasteiger partial charge in [0.2, 0.25) is 0 Å². The van der Waals surface area contributed by atoms with E-state index in [0.717, 1.165) is 0 Å². The molecule has 0 saturated carbocycles. The Kier molecular flexibility index (Phi) is 2.90. The molecule has 0 bridgehead atoms. The summed E-state index contributed by atoms with van der Waals surface area (Å²) in [4.78, 5) is 7.67. The van der Waals surface area contributed by atoms with Crippen LogP contribution in [-0.2, 0) is 9.09 Å². The van der Waals surface area contributed by atoms with E-state index in [9.17, 15) is 13.3 Å². The lowest BCUT2D eigenvalue weighted by molar-refractivity contribution is -0.0809. The largest absolute Gasteiger partial charge is 0.701 e. The molecule has 1 unspecified atom stereocenters. The molecule has 0 aromatic rings. The lowest BCUT2D eigenvalue weighted by Gasteiger charge is -1.93. The fourth-order valence-electron chi connectivity index (χ4n) is 0.0885. The zero-order valence-electron chi connectivity index (χ0n) is 3.34. The lowest BCUT2D eigenvalue weighted by atomic mass is 11.5. The molecule has 0 aromatic carbocycles. The molecule has 0 fully saturated rings. The van der Waals surface area contributed by atoms with Crippen molar-refractivity contribution in [3.05, 3.63) is 0 Å². The first kappa shape index (κ1) is 8.36. The maximum Gasteiger partial charge on any atom is 0.701 e. The summed E-state index contributed by atoms with van der Waals surface area (Å²) in [7, 11) is -3.24. The lowest BCUT2D eigenvalue weighted by Crippen LogP contribution is -2.04. The van der Waals surface area contributed by atoms with Crippen LogP contribution >= 0.6 is 24.2 Å². The molecule has 48 valence electrons. The topological polar surface area (TPSA) is 46.5 Å². The van der Waals surface area contributed by atoms with Gasteiger partial charge in [0.25, 0.3) is 0 Å². The molecule has 3 nitrogen and oxygen atoms in total. The Morgan fingerprint density at radius 3 is 2.12 bits per heavy atom. The highest BCUT2D eigenvalue weighted by Crippen LogP contribution is 2.33. The van der Waals surface area contributed by atoms with Gasteiger partial charge < -0.3 is 0 Å². The molecule has 0 aliphatic heterocycles. The van der Waals surface area contributed by atoms with Gasteiger partial charge in [0.05, 0.1) is 0 Å². The highest BCUT2D eigenvalue weighted by molar-refractivity contribution is 9.09. The highest BCUT2D eigenvalue weighted by Gasteiger charge is 2.37. The molecule has 0 amide bonds. The standard InChI is InChI=1S/CBrF2O3P/c2-1(3,4)7-8(5)6/p+1. The van der Waals surface area contributed by atoms with Gasteiger partial charge in [-0.2, -0.15) is 8.78 Å². The van der Waals surface area contributed by atoms with Crippen LogP contribution in [0.25, 0.3) is 0 Å². The minimum Gasteiger partial charge on any atom is -0.161 e. The molecule has 1 N–H and O–H groups in total. The predicted molar refractivity (Wildman–Crippen MR) is 24.8 cm³/mol. The molecular weight excluding hydrogens is 209 g/mol. The quantitative estimate of drug-likeness (QED) is 0.555. The summed E-state index contributed by atoms with van der Waals surface area (Å²) in [6, 6.07) is 0. The molecule has 0 aliphatic rings. The molecule has 1 atom stereocenters. The van der Waals surface area contributed by atoms with Gasteiger partial charge in [-0.15, -0.1) is 4.89 Å². The molecule has 7 heteroatoms. The number of halogens is 3. The van der Waals surface area contributed by atoms with Gasteiger partial charge in [-0.25, -0.2) is 0 Å². The van der Waals surface area contributed by atoms with Crippen molar-refractivity contribution < 1.29 is 22.8 Å². The molecular formula is CHBrF2O3P+. The van der Waals surface area contributed by atoms with Crippen molar-refractivity contribution in [3.63, 3.8) is 0 Å². The van der Waals surface area contributed by atoms with Crippen LogP contribution in [0.4, 0.5) is 8.78 Å². The van der Waals surface area contributed by atoms with Crippen molar-refractivity contribution in [2.75, 3.05) is 0 Å². The average Bonchev–Trinajstić information content (AvgIpc) is 1.21. The molecule has 8 heavy (non-hydrogen) atoms. The fraction of sp³-hybridized carbons (Fsp3) is 1.00. The van der Waals surface area contributed by atoms with E-state index in [1.54, 1.807) is 15.9 Å². The molecule has 0 aliphatic carbocycles. The van der Waals surface area contributed by atoms with E-state index < -0.39 is 13.3 Å². The van der Waals surface area contributed by atoms with Gasteiger partial charge in [0.15, 0.2) is 0 Å². The molecule has 0 saturated heterocycles. The van der Waals surface area contributed by atoms with E-state index in [0.29, 0.717) is 0 Å². The summed E-state index contributed by atoms with van der Waals surface area (Å²) < 4.78 is 35.2. The fourth-order valence-corrected chi connectivity index (χ4v) is 0.637. The van der Waals surface area contributed by atoms with Gasteiger partial charge >= 0.3 is 13.3 Å². The van der Waals surface area contributed by atoms with Crippen LogP contribution in [0.5, 0.6) is 0 Å². The third-order valence-corrected chi connectivity index (χ3v) is 0.979. The van der Waals surface area contributed by atoms with Gasteiger partial charge in [0, 0.05) is 20.5 Å². The van der Waals surface area contributed by atoms with Crippen molar-refractivity contribution in [1.29, 1.82) is 0 Å². The summed E-state index contributed by atoms with van der Waals surface area (Å²) in [6.45, 7) is 0. The first-order chi connectivity index (χ1) is 3.42. The van der Waals surface area contributed by atoms with E-state index in [-0.39, 0.29) is 0 Å². The van der Waals surface area contributed by atoms with Crippen molar-refractivity contribution in [2.24, 2.45) is 0 Å². The summed E-state index contributed by atoms with van der Waals surface area (Å²) in [6.07, 6.45) is 0. The zero-order chi connectivity index (χ0) is 6.78. The molecule has 0 heterocycles. The van der Waals surface area contributed by atoms with Crippen LogP contribution < -0.4 is 0 Å². The number of rotatable bonds is 2. The summed E-state index contributed by atoms with van der Waals surface area (Å²) in [5.74, 6) is 0. The number of alkyl halides is 3. The number of hydrogen-bond acceptors (Lipinski definition) is 2. The van der Waals surface area contributed by atoms with Crippen LogP contribution in [0.3, 0.4) is 0 Å². The Balaban J connectivity index is 3.55. The Morgan fingerprint density at radius 2 is 2.12 bits per heavy atom. The van der Waals surface area contributed by atoms with Crippen LogP contribution in [0.2, 0.25) is 0 Å². The third-order valence-electron chi connectivity index (χ3n) is 0.182. The van der Waals surface area contributed by atoms with Gasteiger partial charge in [0.1, 0.15) is 0 Å². The van der Waals surface area contributed by atoms with Crippen LogP contribution in [0.1, 0.15) is 0 Å². The van der Waals surface area contributed by atoms with E-state index in [4.69, 9.17) is 4.89 Å². The highest BCUT2D eigenvalue weighted by atomic mass is 79.9. The van der Waals surface area contributed by atoms with Crippen molar-refractivity contribution in [2.45, 2.75) is 5.02 Å². The monoisotopic (exact) mass is 209 g/mol. The molecule has 0 spiro atoms. The van der Waals surface area contributed by atoms with E-state index in [1.807, 2.05) is 0 Å². The summed E-state index contributed by atoms with van der Waals surface area (Å²) in [5, 5.41) is -3.70. The van der Waals surface area contributed by atoms with Crippen LogP contribution in [-0.4, -0.2) is 9.91 Å². The second-order valence-electron chi connectivity index (χ2n) is 0.775. The predicted octanol–water partition coefficient (Wildman–Crippen LogP) is 1.60. The van der Waals surface area contributed by atoms with Crippen molar-refractivity contribution >= 4 is 24.2 Å². The summed E-state index contributed by atoms with van der Waals surface area (Å²) >= 11 is 1.68. The third kappa shape index (κ3) is 6.36.